The third-order valence-corrected chi connectivity index (χ3v) is 5.04. The average molecular weight is 426 g/mol. The van der Waals surface area contributed by atoms with Crippen LogP contribution >= 0.6 is 0 Å². The Bertz CT molecular complexity index is 1150. The summed E-state index contributed by atoms with van der Waals surface area (Å²) in [7, 11) is 0. The molecule has 0 saturated heterocycles. The van der Waals surface area contributed by atoms with Crippen LogP contribution in [0, 0.1) is 6.92 Å². The normalized spacial score (nSPS) is 13.6. The Hall–Kier alpha value is -3.52. The lowest BCUT2D eigenvalue weighted by molar-refractivity contribution is 0.639. The molecule has 0 saturated carbocycles. The molecule has 0 aliphatic heterocycles. The van der Waals surface area contributed by atoms with E-state index in [0.717, 1.165) is 44.6 Å². The van der Waals surface area contributed by atoms with Crippen molar-refractivity contribution in [1.82, 2.24) is 4.98 Å². The molecule has 2 rings (SSSR count). The molecule has 0 radical (unpaired) electrons. The molecule has 0 amide bonds. The highest BCUT2D eigenvalue weighted by atomic mass is 19.1. The summed E-state index contributed by atoms with van der Waals surface area (Å²) < 4.78 is 13.5. The van der Waals surface area contributed by atoms with Crippen molar-refractivity contribution < 1.29 is 4.39 Å². The zero-order valence-electron chi connectivity index (χ0n) is 19.7. The van der Waals surface area contributed by atoms with Gasteiger partial charge in [0.15, 0.2) is 0 Å². The Kier molecular flexibility index (Phi) is 9.09. The first kappa shape index (κ1) is 24.7. The SMILES string of the molecule is C=C(C)C(=C\C(=C/C)c1cncc(C(/C=C\C)=C/C(=C)c2ccccc2C)c1)/C=C(\C)F. The second-order valence-electron chi connectivity index (χ2n) is 7.76. The van der Waals surface area contributed by atoms with Gasteiger partial charge in [0.05, 0.1) is 5.83 Å². The van der Waals surface area contributed by atoms with Gasteiger partial charge < -0.3 is 0 Å². The van der Waals surface area contributed by atoms with Gasteiger partial charge in [0.1, 0.15) is 0 Å². The maximum absolute atomic E-state index is 13.5. The van der Waals surface area contributed by atoms with Crippen molar-refractivity contribution >= 4 is 16.7 Å². The summed E-state index contributed by atoms with van der Waals surface area (Å²) in [6.07, 6.45) is 15.3. The maximum Gasteiger partial charge on any atom is 0.0974 e. The molecule has 0 unspecified atom stereocenters. The number of rotatable bonds is 8. The highest BCUT2D eigenvalue weighted by Crippen LogP contribution is 2.27. The zero-order chi connectivity index (χ0) is 23.7. The van der Waals surface area contributed by atoms with Gasteiger partial charge in [0, 0.05) is 23.5 Å². The van der Waals surface area contributed by atoms with Gasteiger partial charge >= 0.3 is 0 Å². The molecule has 0 bridgehead atoms. The van der Waals surface area contributed by atoms with Gasteiger partial charge in [-0.1, -0.05) is 61.2 Å². The first-order chi connectivity index (χ1) is 15.3. The van der Waals surface area contributed by atoms with E-state index in [1.807, 2.05) is 63.5 Å². The molecule has 0 spiro atoms. The van der Waals surface area contributed by atoms with E-state index in [1.54, 1.807) is 0 Å². The number of aromatic nitrogens is 1. The van der Waals surface area contributed by atoms with Crippen molar-refractivity contribution in [2.24, 2.45) is 0 Å². The maximum atomic E-state index is 13.5. The summed E-state index contributed by atoms with van der Waals surface area (Å²) >= 11 is 0. The van der Waals surface area contributed by atoms with Crippen LogP contribution in [0.5, 0.6) is 0 Å². The Balaban J connectivity index is 2.53. The van der Waals surface area contributed by atoms with E-state index >= 15 is 0 Å². The highest BCUT2D eigenvalue weighted by Gasteiger charge is 2.07. The van der Waals surface area contributed by atoms with Crippen LogP contribution in [0.1, 0.15) is 49.9 Å². The molecular weight excluding hydrogens is 393 g/mol. The molecule has 0 N–H and O–H groups in total. The number of benzene rings is 1. The standard InChI is InChI=1S/C30H32FN/c1-8-12-26(15-23(6)30-14-11-10-13-22(30)5)29-18-28(19-32-20-29)25(9-2)17-27(21(3)4)16-24(7)31/h8-20H,3,6H2,1-2,4-5,7H3/b12-8-,24-16+,25-9+,26-15+,27-17-. The quantitative estimate of drug-likeness (QED) is 0.385. The van der Waals surface area contributed by atoms with Gasteiger partial charge in [-0.2, -0.15) is 0 Å². The largest absolute Gasteiger partial charge is 0.263 e. The minimum Gasteiger partial charge on any atom is -0.263 e. The Morgan fingerprint density at radius 2 is 1.59 bits per heavy atom. The smallest absolute Gasteiger partial charge is 0.0974 e. The fourth-order valence-electron chi connectivity index (χ4n) is 3.36. The van der Waals surface area contributed by atoms with Crippen LogP contribution in [0.15, 0.2) is 109 Å². The lowest BCUT2D eigenvalue weighted by Crippen LogP contribution is -1.92. The Morgan fingerprint density at radius 3 is 2.16 bits per heavy atom. The molecule has 164 valence electrons. The Labute approximate surface area is 192 Å². The highest BCUT2D eigenvalue weighted by molar-refractivity contribution is 5.88. The van der Waals surface area contributed by atoms with Gasteiger partial charge in [-0.15, -0.1) is 0 Å². The predicted molar refractivity (Wildman–Crippen MR) is 139 cm³/mol. The molecule has 1 aromatic heterocycles. The minimum atomic E-state index is -0.255. The zero-order valence-corrected chi connectivity index (χ0v) is 19.7. The molecule has 0 aliphatic rings. The summed E-state index contributed by atoms with van der Waals surface area (Å²) in [5.41, 5.74) is 8.71. The molecule has 1 aromatic carbocycles. The summed E-state index contributed by atoms with van der Waals surface area (Å²) in [5.74, 6) is -0.255. The number of hydrogen-bond acceptors (Lipinski definition) is 1. The summed E-state index contributed by atoms with van der Waals surface area (Å²) in [5, 5.41) is 0. The number of aryl methyl sites for hydroxylation is 1. The predicted octanol–water partition coefficient (Wildman–Crippen LogP) is 8.84. The third-order valence-electron chi connectivity index (χ3n) is 5.04. The monoisotopic (exact) mass is 425 g/mol. The van der Waals surface area contributed by atoms with Crippen LogP contribution in [0.4, 0.5) is 4.39 Å². The summed E-state index contributed by atoms with van der Waals surface area (Å²) in [6.45, 7) is 17.6. The van der Waals surface area contributed by atoms with Gasteiger partial charge in [0.25, 0.3) is 0 Å². The fraction of sp³-hybridized carbons (Fsp3) is 0.167. The molecule has 0 atom stereocenters. The van der Waals surface area contributed by atoms with Crippen molar-refractivity contribution in [3.8, 4) is 0 Å². The van der Waals surface area contributed by atoms with Crippen LogP contribution in [-0.2, 0) is 0 Å². The topological polar surface area (TPSA) is 12.9 Å². The van der Waals surface area contributed by atoms with Crippen molar-refractivity contribution in [3.05, 3.63) is 132 Å². The molecule has 0 fully saturated rings. The molecule has 2 aromatic rings. The van der Waals surface area contributed by atoms with Crippen molar-refractivity contribution in [2.75, 3.05) is 0 Å². The number of allylic oxidation sites excluding steroid dienone is 12. The Morgan fingerprint density at radius 1 is 0.938 bits per heavy atom. The second kappa shape index (κ2) is 11.8. The summed E-state index contributed by atoms with van der Waals surface area (Å²) in [6, 6.07) is 10.3. The van der Waals surface area contributed by atoms with Crippen molar-refractivity contribution in [3.63, 3.8) is 0 Å². The second-order valence-corrected chi connectivity index (χ2v) is 7.76. The third kappa shape index (κ3) is 6.75. The first-order valence-electron chi connectivity index (χ1n) is 10.7. The molecule has 1 nitrogen and oxygen atoms in total. The number of nitrogens with zero attached hydrogens (tertiary/aromatic N) is 1. The minimum absolute atomic E-state index is 0.255. The van der Waals surface area contributed by atoms with Crippen molar-refractivity contribution in [2.45, 2.75) is 34.6 Å². The lowest BCUT2D eigenvalue weighted by Gasteiger charge is -2.11. The van der Waals surface area contributed by atoms with Crippen LogP contribution in [0.25, 0.3) is 16.7 Å². The van der Waals surface area contributed by atoms with E-state index in [-0.39, 0.29) is 5.83 Å². The van der Waals surface area contributed by atoms with Gasteiger partial charge in [0.2, 0.25) is 0 Å². The van der Waals surface area contributed by atoms with Gasteiger partial charge in [-0.05, 0) is 92.3 Å². The number of hydrogen-bond donors (Lipinski definition) is 0. The summed E-state index contributed by atoms with van der Waals surface area (Å²) in [4.78, 5) is 4.48. The van der Waals surface area contributed by atoms with E-state index in [9.17, 15) is 4.39 Å². The van der Waals surface area contributed by atoms with E-state index in [0.29, 0.717) is 0 Å². The number of halogens is 1. The van der Waals surface area contributed by atoms with Gasteiger partial charge in [-0.3, -0.25) is 4.98 Å². The van der Waals surface area contributed by atoms with E-state index < -0.39 is 0 Å². The van der Waals surface area contributed by atoms with Crippen molar-refractivity contribution in [1.29, 1.82) is 0 Å². The number of pyridine rings is 1. The van der Waals surface area contributed by atoms with Crippen LogP contribution in [0.3, 0.4) is 0 Å². The van der Waals surface area contributed by atoms with E-state index in [2.05, 4.69) is 55.4 Å². The van der Waals surface area contributed by atoms with E-state index in [4.69, 9.17) is 0 Å². The van der Waals surface area contributed by atoms with Gasteiger partial charge in [-0.25, -0.2) is 4.39 Å². The fourth-order valence-corrected chi connectivity index (χ4v) is 3.36. The molecule has 0 aliphatic carbocycles. The average Bonchev–Trinajstić information content (AvgIpc) is 2.76. The molecule has 32 heavy (non-hydrogen) atoms. The van der Waals surface area contributed by atoms with E-state index in [1.165, 1.54) is 18.6 Å². The molecular formula is C30H32FN. The van der Waals surface area contributed by atoms with Crippen LogP contribution in [0.2, 0.25) is 0 Å². The lowest BCUT2D eigenvalue weighted by atomic mass is 9.95. The molecule has 2 heteroatoms. The molecule has 1 heterocycles. The first-order valence-corrected chi connectivity index (χ1v) is 10.7. The van der Waals surface area contributed by atoms with Crippen LogP contribution < -0.4 is 0 Å². The van der Waals surface area contributed by atoms with Crippen LogP contribution in [-0.4, -0.2) is 4.98 Å².